The summed E-state index contributed by atoms with van der Waals surface area (Å²) in [5, 5.41) is 8.49. The number of rotatable bonds is 4. The van der Waals surface area contributed by atoms with Crippen LogP contribution in [-0.4, -0.2) is 34.4 Å². The number of pyridine rings is 1. The van der Waals surface area contributed by atoms with Crippen molar-refractivity contribution in [2.75, 3.05) is 4.72 Å². The fourth-order valence-corrected chi connectivity index (χ4v) is 4.91. The van der Waals surface area contributed by atoms with Crippen LogP contribution in [0, 0.1) is 0 Å². The van der Waals surface area contributed by atoms with E-state index in [0.717, 1.165) is 0 Å². The minimum atomic E-state index is -4.05. The van der Waals surface area contributed by atoms with E-state index in [1.807, 2.05) is 0 Å². The van der Waals surface area contributed by atoms with Gasteiger partial charge in [0.2, 0.25) is 5.65 Å². The highest BCUT2D eigenvalue weighted by atomic mass is 35.5. The Morgan fingerprint density at radius 3 is 2.75 bits per heavy atom. The average molecular weight is 470 g/mol. The molecule has 9 nitrogen and oxygen atoms in total. The molecule has 0 amide bonds. The van der Waals surface area contributed by atoms with E-state index in [-0.39, 0.29) is 16.1 Å². The first kappa shape index (κ1) is 20.4. The highest BCUT2D eigenvalue weighted by Crippen LogP contribution is 2.37. The summed E-state index contributed by atoms with van der Waals surface area (Å²) >= 11 is 6.17. The van der Waals surface area contributed by atoms with Crippen LogP contribution in [0.1, 0.15) is 29.8 Å². The third-order valence-corrected chi connectivity index (χ3v) is 6.77. The maximum Gasteiger partial charge on any atom is 0.339 e. The van der Waals surface area contributed by atoms with Crippen molar-refractivity contribution in [1.29, 1.82) is 0 Å². The number of nitrogens with one attached hydrogen (secondary N) is 1. The average Bonchev–Trinajstić information content (AvgIpc) is 3.27. The van der Waals surface area contributed by atoms with Gasteiger partial charge in [-0.05, 0) is 56.3 Å². The first-order valence-electron chi connectivity index (χ1n) is 9.53. The van der Waals surface area contributed by atoms with E-state index in [1.54, 1.807) is 50.4 Å². The summed E-state index contributed by atoms with van der Waals surface area (Å²) < 4.78 is 35.7. The SMILES string of the molecule is CC1(C)OC(=O)c2cc(S(=O)(=O)Nc3ccc(Cl)cc3-n3nnc4ncccc43)ccc21. The lowest BCUT2D eigenvalue weighted by Gasteiger charge is -2.17. The number of benzene rings is 2. The van der Waals surface area contributed by atoms with Gasteiger partial charge in [-0.3, -0.25) is 4.72 Å². The topological polar surface area (TPSA) is 116 Å². The van der Waals surface area contributed by atoms with Gasteiger partial charge in [-0.25, -0.2) is 22.9 Å². The quantitative estimate of drug-likeness (QED) is 0.453. The van der Waals surface area contributed by atoms with E-state index in [1.165, 1.54) is 22.9 Å². The Labute approximate surface area is 188 Å². The molecule has 0 bridgehead atoms. The lowest BCUT2D eigenvalue weighted by atomic mass is 9.96. The number of nitrogens with zero attached hydrogens (tertiary/aromatic N) is 4. The number of aromatic nitrogens is 4. The molecule has 0 atom stereocenters. The third-order valence-electron chi connectivity index (χ3n) is 5.17. The van der Waals surface area contributed by atoms with Gasteiger partial charge in [-0.15, -0.1) is 5.10 Å². The molecule has 5 rings (SSSR count). The molecule has 32 heavy (non-hydrogen) atoms. The molecule has 0 fully saturated rings. The van der Waals surface area contributed by atoms with Gasteiger partial charge in [0.05, 0.1) is 21.8 Å². The Hall–Kier alpha value is -3.50. The zero-order valence-electron chi connectivity index (χ0n) is 16.9. The molecular formula is C21H16ClN5O4S. The van der Waals surface area contributed by atoms with Crippen LogP contribution in [0.25, 0.3) is 16.9 Å². The van der Waals surface area contributed by atoms with Gasteiger partial charge in [-0.1, -0.05) is 22.9 Å². The second-order valence-electron chi connectivity index (χ2n) is 7.72. The van der Waals surface area contributed by atoms with Gasteiger partial charge in [0.25, 0.3) is 10.0 Å². The number of esters is 1. The molecule has 0 radical (unpaired) electrons. The van der Waals surface area contributed by atoms with E-state index in [2.05, 4.69) is 20.0 Å². The van der Waals surface area contributed by atoms with Crippen molar-refractivity contribution in [3.05, 3.63) is 70.9 Å². The Balaban J connectivity index is 1.58. The van der Waals surface area contributed by atoms with Gasteiger partial charge in [0, 0.05) is 16.8 Å². The number of hydrogen-bond acceptors (Lipinski definition) is 7. The summed E-state index contributed by atoms with van der Waals surface area (Å²) in [7, 11) is -4.05. The number of anilines is 1. The Morgan fingerprint density at radius 1 is 1.12 bits per heavy atom. The van der Waals surface area contributed by atoms with Crippen molar-refractivity contribution in [2.24, 2.45) is 0 Å². The summed E-state index contributed by atoms with van der Waals surface area (Å²) in [6.07, 6.45) is 1.59. The third kappa shape index (κ3) is 3.28. The van der Waals surface area contributed by atoms with Crippen molar-refractivity contribution >= 4 is 44.4 Å². The number of carbonyl (C=O) groups is 1. The Kier molecular flexibility index (Phi) is 4.47. The Bertz CT molecular complexity index is 1510. The van der Waals surface area contributed by atoms with E-state index in [4.69, 9.17) is 16.3 Å². The molecule has 3 heterocycles. The second-order valence-corrected chi connectivity index (χ2v) is 9.84. The molecule has 1 N–H and O–H groups in total. The van der Waals surface area contributed by atoms with Crippen LogP contribution in [0.4, 0.5) is 5.69 Å². The van der Waals surface area contributed by atoms with Crippen molar-refractivity contribution < 1.29 is 17.9 Å². The van der Waals surface area contributed by atoms with E-state index >= 15 is 0 Å². The first-order chi connectivity index (χ1) is 15.2. The molecular weight excluding hydrogens is 454 g/mol. The van der Waals surface area contributed by atoms with Crippen molar-refractivity contribution in [3.8, 4) is 5.69 Å². The van der Waals surface area contributed by atoms with E-state index in [9.17, 15) is 13.2 Å². The van der Waals surface area contributed by atoms with Crippen LogP contribution in [-0.2, 0) is 20.4 Å². The normalized spacial score (nSPS) is 14.9. The van der Waals surface area contributed by atoms with Gasteiger partial charge < -0.3 is 4.74 Å². The molecule has 2 aromatic heterocycles. The van der Waals surface area contributed by atoms with Crippen LogP contribution in [0.3, 0.4) is 0 Å². The fourth-order valence-electron chi connectivity index (χ4n) is 3.64. The van der Waals surface area contributed by atoms with Crippen molar-refractivity contribution in [1.82, 2.24) is 20.0 Å². The number of sulfonamides is 1. The molecule has 11 heteroatoms. The highest BCUT2D eigenvalue weighted by molar-refractivity contribution is 7.92. The maximum absolute atomic E-state index is 13.2. The predicted octanol–water partition coefficient (Wildman–Crippen LogP) is 3.68. The molecule has 1 aliphatic heterocycles. The lowest BCUT2D eigenvalue weighted by Crippen LogP contribution is -2.17. The maximum atomic E-state index is 13.2. The van der Waals surface area contributed by atoms with Crippen LogP contribution >= 0.6 is 11.6 Å². The number of ether oxygens (including phenoxy) is 1. The molecule has 0 saturated heterocycles. The van der Waals surface area contributed by atoms with Gasteiger partial charge in [-0.2, -0.15) is 0 Å². The summed E-state index contributed by atoms with van der Waals surface area (Å²) in [5.74, 6) is -0.559. The monoisotopic (exact) mass is 469 g/mol. The summed E-state index contributed by atoms with van der Waals surface area (Å²) in [4.78, 5) is 16.3. The number of fused-ring (bicyclic) bond motifs is 2. The van der Waals surface area contributed by atoms with Gasteiger partial charge in [0.15, 0.2) is 0 Å². The highest BCUT2D eigenvalue weighted by Gasteiger charge is 2.38. The molecule has 4 aromatic rings. The van der Waals surface area contributed by atoms with Crippen LogP contribution < -0.4 is 4.72 Å². The molecule has 0 aliphatic carbocycles. The van der Waals surface area contributed by atoms with E-state index in [0.29, 0.717) is 27.4 Å². The van der Waals surface area contributed by atoms with E-state index < -0.39 is 21.6 Å². The van der Waals surface area contributed by atoms with Gasteiger partial charge in [0.1, 0.15) is 11.1 Å². The predicted molar refractivity (Wildman–Crippen MR) is 117 cm³/mol. The smallest absolute Gasteiger partial charge is 0.339 e. The number of cyclic esters (lactones) is 1. The number of carbonyl (C=O) groups excluding carboxylic acids is 1. The zero-order chi connectivity index (χ0) is 22.7. The van der Waals surface area contributed by atoms with Crippen molar-refractivity contribution in [3.63, 3.8) is 0 Å². The molecule has 162 valence electrons. The Morgan fingerprint density at radius 2 is 1.94 bits per heavy atom. The molecule has 0 unspecified atom stereocenters. The summed E-state index contributed by atoms with van der Waals surface area (Å²) in [6, 6.07) is 12.5. The van der Waals surface area contributed by atoms with Crippen molar-refractivity contribution in [2.45, 2.75) is 24.3 Å². The molecule has 1 aliphatic rings. The molecule has 0 saturated carbocycles. The second kappa shape index (κ2) is 7.01. The standard InChI is InChI=1S/C21H16ClN5O4S/c1-21(2)15-7-6-13(11-14(15)20(28)31-21)32(29,30)25-16-8-5-12(22)10-18(16)27-17-4-3-9-23-19(17)24-26-27/h3-11,25H,1-2H3. The first-order valence-corrected chi connectivity index (χ1v) is 11.4. The number of hydrogen-bond donors (Lipinski definition) is 1. The summed E-state index contributed by atoms with van der Waals surface area (Å²) in [5.41, 5.74) is 1.64. The summed E-state index contributed by atoms with van der Waals surface area (Å²) in [6.45, 7) is 3.50. The molecule has 0 spiro atoms. The minimum absolute atomic E-state index is 0.0723. The number of halogens is 1. The van der Waals surface area contributed by atoms with Crippen LogP contribution in [0.15, 0.2) is 59.6 Å². The van der Waals surface area contributed by atoms with Gasteiger partial charge >= 0.3 is 5.97 Å². The zero-order valence-corrected chi connectivity index (χ0v) is 18.5. The fraction of sp³-hybridized carbons (Fsp3) is 0.143. The molecule has 2 aromatic carbocycles. The van der Waals surface area contributed by atoms with Crippen LogP contribution in [0.2, 0.25) is 5.02 Å². The largest absolute Gasteiger partial charge is 0.451 e. The lowest BCUT2D eigenvalue weighted by molar-refractivity contribution is 0.00954. The minimum Gasteiger partial charge on any atom is -0.451 e. The van der Waals surface area contributed by atoms with Crippen LogP contribution in [0.5, 0.6) is 0 Å².